The van der Waals surface area contributed by atoms with E-state index in [1.54, 1.807) is 7.11 Å². The number of benzene rings is 1. The monoisotopic (exact) mass is 307 g/mol. The molecule has 0 fully saturated rings. The van der Waals surface area contributed by atoms with E-state index in [0.29, 0.717) is 18.9 Å². The van der Waals surface area contributed by atoms with Gasteiger partial charge in [0.2, 0.25) is 5.76 Å². The summed E-state index contributed by atoms with van der Waals surface area (Å²) in [5.41, 5.74) is 0.137. The zero-order valence-corrected chi connectivity index (χ0v) is 11.5. The molecule has 3 rings (SSSR count). The van der Waals surface area contributed by atoms with Crippen LogP contribution in [0.1, 0.15) is 5.82 Å². The first-order valence-electron chi connectivity index (χ1n) is 6.41. The van der Waals surface area contributed by atoms with Crippen LogP contribution >= 0.6 is 0 Å². The van der Waals surface area contributed by atoms with Gasteiger partial charge in [-0.3, -0.25) is 0 Å². The highest BCUT2D eigenvalue weighted by Gasteiger charge is 2.17. The average molecular weight is 307 g/mol. The van der Waals surface area contributed by atoms with Crippen LogP contribution in [0.15, 0.2) is 33.3 Å². The van der Waals surface area contributed by atoms with Gasteiger partial charge in [0.05, 0.1) is 6.61 Å². The number of aromatic nitrogens is 3. The molecule has 0 bridgehead atoms. The van der Waals surface area contributed by atoms with Crippen molar-refractivity contribution in [2.75, 3.05) is 13.7 Å². The normalized spacial score (nSPS) is 11.0. The fourth-order valence-corrected chi connectivity index (χ4v) is 1.85. The van der Waals surface area contributed by atoms with Gasteiger partial charge in [-0.15, -0.1) is 0 Å². The second-order valence-corrected chi connectivity index (χ2v) is 4.46. The van der Waals surface area contributed by atoms with Crippen molar-refractivity contribution in [1.29, 1.82) is 0 Å². The fourth-order valence-electron chi connectivity index (χ4n) is 1.85. The van der Waals surface area contributed by atoms with Gasteiger partial charge in [0, 0.05) is 25.2 Å². The number of ether oxygens (including phenoxy) is 1. The Hall–Kier alpha value is -2.61. The van der Waals surface area contributed by atoms with Crippen molar-refractivity contribution in [2.45, 2.75) is 6.42 Å². The Morgan fingerprint density at radius 1 is 1.14 bits per heavy atom. The van der Waals surface area contributed by atoms with Crippen LogP contribution in [0, 0.1) is 11.6 Å². The molecule has 114 valence electrons. The molecular weight excluding hydrogens is 296 g/mol. The van der Waals surface area contributed by atoms with Crippen molar-refractivity contribution in [3.8, 4) is 22.9 Å². The maximum atomic E-state index is 13.7. The Balaban J connectivity index is 1.87. The van der Waals surface area contributed by atoms with E-state index in [4.69, 9.17) is 13.8 Å². The molecule has 0 unspecified atom stereocenters. The summed E-state index contributed by atoms with van der Waals surface area (Å²) in [6.07, 6.45) is 0.486. The molecule has 0 N–H and O–H groups in total. The van der Waals surface area contributed by atoms with Gasteiger partial charge in [0.1, 0.15) is 17.3 Å². The third-order valence-corrected chi connectivity index (χ3v) is 2.92. The molecule has 2 aromatic heterocycles. The Morgan fingerprint density at radius 2 is 2.00 bits per heavy atom. The van der Waals surface area contributed by atoms with Crippen molar-refractivity contribution in [3.05, 3.63) is 41.7 Å². The molecule has 0 aliphatic heterocycles. The fraction of sp³-hybridized carbons (Fsp3) is 0.214. The van der Waals surface area contributed by atoms with Gasteiger partial charge >= 0.3 is 0 Å². The van der Waals surface area contributed by atoms with E-state index in [-0.39, 0.29) is 22.9 Å². The van der Waals surface area contributed by atoms with Crippen molar-refractivity contribution >= 4 is 0 Å². The zero-order chi connectivity index (χ0) is 15.5. The molecule has 0 atom stereocenters. The molecule has 0 radical (unpaired) electrons. The van der Waals surface area contributed by atoms with E-state index >= 15 is 0 Å². The van der Waals surface area contributed by atoms with Crippen molar-refractivity contribution < 1.29 is 22.6 Å². The number of halogens is 2. The highest BCUT2D eigenvalue weighted by molar-refractivity contribution is 5.63. The van der Waals surface area contributed by atoms with Crippen LogP contribution in [0.2, 0.25) is 0 Å². The minimum Gasteiger partial charge on any atom is -0.384 e. The predicted octanol–water partition coefficient (Wildman–Crippen LogP) is 2.86. The maximum Gasteiger partial charge on any atom is 0.296 e. The maximum absolute atomic E-state index is 13.7. The topological polar surface area (TPSA) is 74.2 Å². The molecule has 0 aliphatic carbocycles. The third kappa shape index (κ3) is 2.86. The Morgan fingerprint density at radius 3 is 2.82 bits per heavy atom. The van der Waals surface area contributed by atoms with Crippen LogP contribution in [-0.2, 0) is 11.2 Å². The van der Waals surface area contributed by atoms with Crippen LogP contribution in [0.3, 0.4) is 0 Å². The van der Waals surface area contributed by atoms with E-state index in [0.717, 1.165) is 18.2 Å². The van der Waals surface area contributed by atoms with Crippen LogP contribution in [0.5, 0.6) is 0 Å². The second-order valence-electron chi connectivity index (χ2n) is 4.46. The van der Waals surface area contributed by atoms with Crippen molar-refractivity contribution in [2.24, 2.45) is 0 Å². The molecule has 2 heterocycles. The lowest BCUT2D eigenvalue weighted by Gasteiger charge is -1.97. The molecule has 0 amide bonds. The summed E-state index contributed by atoms with van der Waals surface area (Å²) < 4.78 is 41.9. The molecule has 0 saturated carbocycles. The lowest BCUT2D eigenvalue weighted by Crippen LogP contribution is -1.95. The van der Waals surface area contributed by atoms with Gasteiger partial charge in [-0.1, -0.05) is 10.3 Å². The summed E-state index contributed by atoms with van der Waals surface area (Å²) in [7, 11) is 1.57. The van der Waals surface area contributed by atoms with E-state index in [2.05, 4.69) is 15.3 Å². The predicted molar refractivity (Wildman–Crippen MR) is 70.7 cm³/mol. The molecule has 0 spiro atoms. The van der Waals surface area contributed by atoms with Crippen LogP contribution in [0.4, 0.5) is 8.78 Å². The quantitative estimate of drug-likeness (QED) is 0.721. The molecule has 22 heavy (non-hydrogen) atoms. The second kappa shape index (κ2) is 6.02. The van der Waals surface area contributed by atoms with E-state index in [1.165, 1.54) is 6.07 Å². The van der Waals surface area contributed by atoms with Gasteiger partial charge in [-0.05, 0) is 18.2 Å². The Bertz CT molecular complexity index is 785. The highest BCUT2D eigenvalue weighted by atomic mass is 19.1. The van der Waals surface area contributed by atoms with Crippen LogP contribution < -0.4 is 0 Å². The molecule has 0 saturated heterocycles. The molecule has 3 aromatic rings. The number of hydrogen-bond donors (Lipinski definition) is 0. The van der Waals surface area contributed by atoms with Crippen molar-refractivity contribution in [1.82, 2.24) is 15.3 Å². The molecule has 0 aliphatic rings. The first-order chi connectivity index (χ1) is 10.7. The van der Waals surface area contributed by atoms with Gasteiger partial charge in [-0.2, -0.15) is 4.98 Å². The number of nitrogens with zero attached hydrogens (tertiary/aromatic N) is 3. The lowest BCUT2D eigenvalue weighted by molar-refractivity contribution is 0.199. The highest BCUT2D eigenvalue weighted by Crippen LogP contribution is 2.27. The average Bonchev–Trinajstić information content (AvgIpc) is 3.16. The molecule has 1 aromatic carbocycles. The van der Waals surface area contributed by atoms with Gasteiger partial charge < -0.3 is 13.8 Å². The summed E-state index contributed by atoms with van der Waals surface area (Å²) in [5.74, 6) is -0.434. The van der Waals surface area contributed by atoms with E-state index < -0.39 is 11.6 Å². The summed E-state index contributed by atoms with van der Waals surface area (Å²) in [6, 6.07) is 4.49. The number of rotatable bonds is 5. The Kier molecular flexibility index (Phi) is 3.92. The summed E-state index contributed by atoms with van der Waals surface area (Å²) in [5, 5.41) is 7.46. The van der Waals surface area contributed by atoms with E-state index in [9.17, 15) is 8.78 Å². The van der Waals surface area contributed by atoms with Crippen molar-refractivity contribution in [3.63, 3.8) is 0 Å². The number of methoxy groups -OCH3 is 1. The largest absolute Gasteiger partial charge is 0.384 e. The summed E-state index contributed by atoms with van der Waals surface area (Å²) in [4.78, 5) is 4.11. The minimum atomic E-state index is -0.604. The molecular formula is C14H11F2N3O3. The van der Waals surface area contributed by atoms with Gasteiger partial charge in [0.25, 0.3) is 5.89 Å². The molecule has 8 heteroatoms. The smallest absolute Gasteiger partial charge is 0.296 e. The molecule has 6 nitrogen and oxygen atoms in total. The SMILES string of the molecule is COCCc1noc(-c2cc(-c3cc(F)ccc3F)no2)n1. The van der Waals surface area contributed by atoms with E-state index in [1.807, 2.05) is 0 Å². The summed E-state index contributed by atoms with van der Waals surface area (Å²) >= 11 is 0. The van der Waals surface area contributed by atoms with Gasteiger partial charge in [-0.25, -0.2) is 8.78 Å². The Labute approximate surface area is 123 Å². The third-order valence-electron chi connectivity index (χ3n) is 2.92. The van der Waals surface area contributed by atoms with Crippen LogP contribution in [0.25, 0.3) is 22.9 Å². The first kappa shape index (κ1) is 14.3. The first-order valence-corrected chi connectivity index (χ1v) is 6.41. The zero-order valence-electron chi connectivity index (χ0n) is 11.5. The lowest BCUT2D eigenvalue weighted by atomic mass is 10.1. The van der Waals surface area contributed by atoms with Crippen LogP contribution in [-0.4, -0.2) is 29.0 Å². The minimum absolute atomic E-state index is 0.00544. The van der Waals surface area contributed by atoms with Gasteiger partial charge in [0.15, 0.2) is 5.82 Å². The number of hydrogen-bond acceptors (Lipinski definition) is 6. The standard InChI is InChI=1S/C14H11F2N3O3/c1-20-5-4-13-17-14(22-19-13)12-7-11(18-21-12)9-6-8(15)2-3-10(9)16/h2-3,6-7H,4-5H2,1H3. The summed E-state index contributed by atoms with van der Waals surface area (Å²) in [6.45, 7) is 0.454.